The monoisotopic (exact) mass is 247 g/mol. The van der Waals surface area contributed by atoms with Crippen LogP contribution in [0.1, 0.15) is 45.1 Å². The lowest BCUT2D eigenvalue weighted by Crippen LogP contribution is -2.56. The average molecular weight is 247 g/mol. The zero-order chi connectivity index (χ0) is 13.2. The smallest absolute Gasteiger partial charge is 0.119 e. The van der Waals surface area contributed by atoms with Crippen molar-refractivity contribution in [2.24, 2.45) is 11.1 Å². The molecule has 2 rings (SSSR count). The molecule has 2 N–H and O–H groups in total. The predicted octanol–water partition coefficient (Wildman–Crippen LogP) is 3.54. The van der Waals surface area contributed by atoms with Crippen LogP contribution in [-0.4, -0.2) is 12.6 Å². The highest BCUT2D eigenvalue weighted by atomic mass is 16.5. The summed E-state index contributed by atoms with van der Waals surface area (Å²) in [4.78, 5) is 0. The Morgan fingerprint density at radius 2 is 1.94 bits per heavy atom. The summed E-state index contributed by atoms with van der Waals surface area (Å²) in [5.41, 5.74) is 8.13. The van der Waals surface area contributed by atoms with Crippen LogP contribution in [-0.2, 0) is 6.42 Å². The number of hydrogen-bond donors (Lipinski definition) is 1. The molecule has 1 aliphatic rings. The zero-order valence-corrected chi connectivity index (χ0v) is 11.8. The third kappa shape index (κ3) is 2.54. The molecule has 0 saturated heterocycles. The number of ether oxygens (including phenoxy) is 1. The molecule has 1 unspecified atom stereocenters. The average Bonchev–Trinajstić information content (AvgIpc) is 2.33. The fourth-order valence-electron chi connectivity index (χ4n) is 3.07. The Hall–Kier alpha value is -1.02. The zero-order valence-electron chi connectivity index (χ0n) is 11.8. The van der Waals surface area contributed by atoms with Gasteiger partial charge in [0.25, 0.3) is 0 Å². The standard InChI is InChI=1S/C16H25NO/c1-15(2)9-4-5-10-16(15,17)12-13-7-6-8-14(11-13)18-3/h6-8,11H,4-5,9-10,12,17H2,1-3H3. The molecular weight excluding hydrogens is 222 g/mol. The molecule has 0 amide bonds. The second-order valence-electron chi connectivity index (χ2n) is 6.28. The molecule has 1 aliphatic carbocycles. The largest absolute Gasteiger partial charge is 0.497 e. The number of rotatable bonds is 3. The van der Waals surface area contributed by atoms with E-state index in [0.29, 0.717) is 0 Å². The van der Waals surface area contributed by atoms with Crippen molar-refractivity contribution < 1.29 is 4.74 Å². The fourth-order valence-corrected chi connectivity index (χ4v) is 3.07. The van der Waals surface area contributed by atoms with Gasteiger partial charge in [0, 0.05) is 5.54 Å². The lowest BCUT2D eigenvalue weighted by atomic mass is 9.61. The van der Waals surface area contributed by atoms with Gasteiger partial charge in [-0.05, 0) is 42.4 Å². The van der Waals surface area contributed by atoms with Gasteiger partial charge in [-0.3, -0.25) is 0 Å². The van der Waals surface area contributed by atoms with Crippen molar-refractivity contribution in [3.63, 3.8) is 0 Å². The van der Waals surface area contributed by atoms with Crippen LogP contribution < -0.4 is 10.5 Å². The van der Waals surface area contributed by atoms with Crippen molar-refractivity contribution in [1.82, 2.24) is 0 Å². The summed E-state index contributed by atoms with van der Waals surface area (Å²) in [6.07, 6.45) is 5.86. The van der Waals surface area contributed by atoms with Crippen LogP contribution >= 0.6 is 0 Å². The first-order valence-electron chi connectivity index (χ1n) is 6.89. The molecule has 0 bridgehead atoms. The summed E-state index contributed by atoms with van der Waals surface area (Å²) in [6, 6.07) is 8.30. The van der Waals surface area contributed by atoms with Crippen LogP contribution in [0.3, 0.4) is 0 Å². The Morgan fingerprint density at radius 3 is 2.61 bits per heavy atom. The van der Waals surface area contributed by atoms with E-state index in [-0.39, 0.29) is 11.0 Å². The second-order valence-corrected chi connectivity index (χ2v) is 6.28. The second kappa shape index (κ2) is 4.93. The molecule has 0 aliphatic heterocycles. The Morgan fingerprint density at radius 1 is 1.22 bits per heavy atom. The van der Waals surface area contributed by atoms with Crippen LogP contribution in [0.25, 0.3) is 0 Å². The summed E-state index contributed by atoms with van der Waals surface area (Å²) in [7, 11) is 1.71. The Kier molecular flexibility index (Phi) is 3.67. The van der Waals surface area contributed by atoms with Crippen LogP contribution in [0.2, 0.25) is 0 Å². The molecule has 1 atom stereocenters. The van der Waals surface area contributed by atoms with E-state index in [0.717, 1.165) is 18.6 Å². The van der Waals surface area contributed by atoms with Gasteiger partial charge in [0.05, 0.1) is 7.11 Å². The van der Waals surface area contributed by atoms with E-state index in [1.807, 2.05) is 12.1 Å². The number of methoxy groups -OCH3 is 1. The summed E-state index contributed by atoms with van der Waals surface area (Å²) < 4.78 is 5.29. The molecule has 0 aromatic heterocycles. The van der Waals surface area contributed by atoms with E-state index < -0.39 is 0 Å². The van der Waals surface area contributed by atoms with Crippen LogP contribution in [0.4, 0.5) is 0 Å². The van der Waals surface area contributed by atoms with Crippen molar-refractivity contribution in [2.45, 2.75) is 51.5 Å². The molecule has 2 heteroatoms. The van der Waals surface area contributed by atoms with E-state index in [4.69, 9.17) is 10.5 Å². The van der Waals surface area contributed by atoms with Crippen molar-refractivity contribution in [2.75, 3.05) is 7.11 Å². The van der Waals surface area contributed by atoms with Gasteiger partial charge in [0.2, 0.25) is 0 Å². The summed E-state index contributed by atoms with van der Waals surface area (Å²) in [5.74, 6) is 0.921. The minimum atomic E-state index is -0.0857. The van der Waals surface area contributed by atoms with Crippen LogP contribution in [0.5, 0.6) is 5.75 Å². The third-order valence-corrected chi connectivity index (χ3v) is 4.68. The maximum Gasteiger partial charge on any atom is 0.119 e. The fraction of sp³-hybridized carbons (Fsp3) is 0.625. The van der Waals surface area contributed by atoms with E-state index >= 15 is 0 Å². The highest BCUT2D eigenvalue weighted by molar-refractivity contribution is 5.30. The minimum Gasteiger partial charge on any atom is -0.497 e. The molecule has 2 nitrogen and oxygen atoms in total. The van der Waals surface area contributed by atoms with Gasteiger partial charge >= 0.3 is 0 Å². The van der Waals surface area contributed by atoms with Crippen LogP contribution in [0.15, 0.2) is 24.3 Å². The minimum absolute atomic E-state index is 0.0857. The molecule has 1 aromatic rings. The van der Waals surface area contributed by atoms with Gasteiger partial charge in [-0.15, -0.1) is 0 Å². The predicted molar refractivity (Wildman–Crippen MR) is 75.9 cm³/mol. The first-order valence-corrected chi connectivity index (χ1v) is 6.89. The summed E-state index contributed by atoms with van der Waals surface area (Å²) in [6.45, 7) is 4.62. The topological polar surface area (TPSA) is 35.2 Å². The first kappa shape index (κ1) is 13.4. The van der Waals surface area contributed by atoms with Gasteiger partial charge in [-0.2, -0.15) is 0 Å². The number of hydrogen-bond acceptors (Lipinski definition) is 2. The van der Waals surface area contributed by atoms with E-state index in [1.54, 1.807) is 7.11 Å². The van der Waals surface area contributed by atoms with E-state index in [2.05, 4.69) is 26.0 Å². The molecule has 1 aromatic carbocycles. The lowest BCUT2D eigenvalue weighted by molar-refractivity contribution is 0.0990. The van der Waals surface area contributed by atoms with Crippen molar-refractivity contribution in [3.05, 3.63) is 29.8 Å². The molecule has 0 radical (unpaired) electrons. The molecular formula is C16H25NO. The highest BCUT2D eigenvalue weighted by Crippen LogP contribution is 2.44. The van der Waals surface area contributed by atoms with Gasteiger partial charge in [0.15, 0.2) is 0 Å². The molecule has 100 valence electrons. The summed E-state index contributed by atoms with van der Waals surface area (Å²) in [5, 5.41) is 0. The van der Waals surface area contributed by atoms with Crippen molar-refractivity contribution in [3.8, 4) is 5.75 Å². The number of benzene rings is 1. The molecule has 18 heavy (non-hydrogen) atoms. The summed E-state index contributed by atoms with van der Waals surface area (Å²) >= 11 is 0. The van der Waals surface area contributed by atoms with Gasteiger partial charge in [0.1, 0.15) is 5.75 Å². The number of nitrogens with two attached hydrogens (primary N) is 1. The third-order valence-electron chi connectivity index (χ3n) is 4.68. The lowest BCUT2D eigenvalue weighted by Gasteiger charge is -2.48. The molecule has 1 fully saturated rings. The first-order chi connectivity index (χ1) is 8.47. The van der Waals surface area contributed by atoms with E-state index in [9.17, 15) is 0 Å². The van der Waals surface area contributed by atoms with Gasteiger partial charge in [-0.25, -0.2) is 0 Å². The molecule has 1 saturated carbocycles. The highest BCUT2D eigenvalue weighted by Gasteiger charge is 2.43. The quantitative estimate of drug-likeness (QED) is 0.886. The van der Waals surface area contributed by atoms with E-state index in [1.165, 1.54) is 24.8 Å². The SMILES string of the molecule is COc1cccc(CC2(N)CCCCC2(C)C)c1. The van der Waals surface area contributed by atoms with Gasteiger partial charge < -0.3 is 10.5 Å². The molecule has 0 heterocycles. The molecule has 0 spiro atoms. The maximum absolute atomic E-state index is 6.72. The Bertz CT molecular complexity index is 413. The van der Waals surface area contributed by atoms with Crippen LogP contribution in [0, 0.1) is 5.41 Å². The van der Waals surface area contributed by atoms with Crippen molar-refractivity contribution in [1.29, 1.82) is 0 Å². The Balaban J connectivity index is 2.20. The maximum atomic E-state index is 6.72. The van der Waals surface area contributed by atoms with Crippen molar-refractivity contribution >= 4 is 0 Å². The normalized spacial score (nSPS) is 26.9. The van der Waals surface area contributed by atoms with Gasteiger partial charge in [-0.1, -0.05) is 38.8 Å². The Labute approximate surface area is 111 Å².